The molecule has 0 amide bonds. The van der Waals surface area contributed by atoms with Crippen molar-refractivity contribution in [3.8, 4) is 0 Å². The molecule has 4 N–H and O–H groups in total. The van der Waals surface area contributed by atoms with E-state index in [1.165, 1.54) is 0 Å². The van der Waals surface area contributed by atoms with Crippen LogP contribution in [0.4, 0.5) is 0 Å². The van der Waals surface area contributed by atoms with E-state index in [-0.39, 0.29) is 0 Å². The highest BCUT2D eigenvalue weighted by Gasteiger charge is 2.45. The van der Waals surface area contributed by atoms with Gasteiger partial charge in [0.1, 0.15) is 0 Å². The molecule has 0 saturated carbocycles. The van der Waals surface area contributed by atoms with E-state index in [0.717, 1.165) is 12.0 Å². The second-order valence-corrected chi connectivity index (χ2v) is 8.44. The van der Waals surface area contributed by atoms with Gasteiger partial charge in [-0.15, -0.1) is 6.58 Å². The fourth-order valence-electron chi connectivity index (χ4n) is 2.63. The molecule has 6 heteroatoms. The van der Waals surface area contributed by atoms with Gasteiger partial charge in [-0.3, -0.25) is 0 Å². The van der Waals surface area contributed by atoms with E-state index in [2.05, 4.69) is 18.7 Å². The van der Waals surface area contributed by atoms with E-state index in [0.29, 0.717) is 32.0 Å². The van der Waals surface area contributed by atoms with E-state index in [1.54, 1.807) is 14.2 Å². The highest BCUT2D eigenvalue weighted by atomic mass is 28.4. The lowest BCUT2D eigenvalue weighted by molar-refractivity contribution is 0.00858. The quantitative estimate of drug-likeness (QED) is 0.451. The molecule has 1 aromatic carbocycles. The zero-order valence-corrected chi connectivity index (χ0v) is 15.3. The van der Waals surface area contributed by atoms with Crippen LogP contribution >= 0.6 is 0 Å². The van der Waals surface area contributed by atoms with Crippen LogP contribution in [0.5, 0.6) is 0 Å². The van der Waals surface area contributed by atoms with Gasteiger partial charge in [0, 0.05) is 26.7 Å². The van der Waals surface area contributed by atoms with Crippen LogP contribution in [0.1, 0.15) is 18.4 Å². The minimum absolute atomic E-state index is 0.494. The lowest BCUT2D eigenvalue weighted by Crippen LogP contribution is -2.53. The van der Waals surface area contributed by atoms with Crippen molar-refractivity contribution in [1.29, 1.82) is 0 Å². The van der Waals surface area contributed by atoms with E-state index < -0.39 is 14.4 Å². The molecule has 0 saturated heterocycles. The van der Waals surface area contributed by atoms with Crippen LogP contribution in [0.25, 0.3) is 0 Å². The van der Waals surface area contributed by atoms with Crippen molar-refractivity contribution in [2.75, 3.05) is 27.3 Å². The van der Waals surface area contributed by atoms with Crippen molar-refractivity contribution < 1.29 is 13.3 Å². The van der Waals surface area contributed by atoms with E-state index in [1.807, 2.05) is 24.3 Å². The van der Waals surface area contributed by atoms with Gasteiger partial charge in [-0.2, -0.15) is 0 Å². The van der Waals surface area contributed by atoms with Gasteiger partial charge >= 0.3 is 8.80 Å². The summed E-state index contributed by atoms with van der Waals surface area (Å²) in [5.41, 5.74) is 12.0. The summed E-state index contributed by atoms with van der Waals surface area (Å²) in [6.45, 7) is 5.05. The summed E-state index contributed by atoms with van der Waals surface area (Å²) in [6.07, 6.45) is 3.94. The molecule has 130 valence electrons. The number of benzene rings is 1. The topological polar surface area (TPSA) is 79.7 Å². The second-order valence-electron chi connectivity index (χ2n) is 5.56. The number of hydrogen-bond donors (Lipinski definition) is 2. The first kappa shape index (κ1) is 20.0. The molecular weight excluding hydrogens is 308 g/mol. The highest BCUT2D eigenvalue weighted by molar-refractivity contribution is 6.60. The van der Waals surface area contributed by atoms with E-state index in [9.17, 15) is 0 Å². The Hall–Kier alpha value is -1.02. The molecule has 0 aliphatic heterocycles. The predicted molar refractivity (Wildman–Crippen MR) is 96.1 cm³/mol. The van der Waals surface area contributed by atoms with Crippen molar-refractivity contribution in [2.45, 2.75) is 30.9 Å². The fraction of sp³-hybridized carbons (Fsp3) is 0.529. The van der Waals surface area contributed by atoms with Gasteiger partial charge in [-0.05, 0) is 31.5 Å². The Balaban J connectivity index is 3.05. The second kappa shape index (κ2) is 9.97. The lowest BCUT2D eigenvalue weighted by atomic mass is 9.91. The van der Waals surface area contributed by atoms with Crippen LogP contribution in [0.3, 0.4) is 0 Å². The Morgan fingerprint density at radius 2 is 1.78 bits per heavy atom. The van der Waals surface area contributed by atoms with Crippen LogP contribution in [0.15, 0.2) is 43.0 Å². The normalized spacial score (nSPS) is 14.4. The smallest absolute Gasteiger partial charge is 0.377 e. The Kier molecular flexibility index (Phi) is 8.68. The van der Waals surface area contributed by atoms with Crippen LogP contribution in [0, 0.1) is 0 Å². The van der Waals surface area contributed by atoms with Crippen LogP contribution in [-0.2, 0) is 19.7 Å². The van der Waals surface area contributed by atoms with Crippen LogP contribution < -0.4 is 11.5 Å². The molecule has 0 aliphatic rings. The highest BCUT2D eigenvalue weighted by Crippen LogP contribution is 2.30. The molecule has 5 nitrogen and oxygen atoms in total. The average molecular weight is 339 g/mol. The van der Waals surface area contributed by atoms with Crippen molar-refractivity contribution in [1.82, 2.24) is 0 Å². The maximum absolute atomic E-state index is 6.46. The summed E-state index contributed by atoms with van der Waals surface area (Å²) in [6, 6.07) is 10.8. The number of nitrogens with two attached hydrogens (primary N) is 2. The standard InChI is InChI=1S/C17H30N2O3Si/c1-4-17(11-13-19,15-16-9-6-5-7-10-16)22-23(20-2,21-3)14-8-12-18/h4-7,9-10H,1,8,11-15,18-19H2,2-3H3. The number of hydrogen-bond acceptors (Lipinski definition) is 5. The summed E-state index contributed by atoms with van der Waals surface area (Å²) < 4.78 is 17.8. The first-order valence-electron chi connectivity index (χ1n) is 7.97. The molecule has 0 radical (unpaired) electrons. The maximum Gasteiger partial charge on any atom is 0.501 e. The lowest BCUT2D eigenvalue weighted by Gasteiger charge is -2.39. The molecule has 0 aliphatic carbocycles. The van der Waals surface area contributed by atoms with Gasteiger partial charge in [0.2, 0.25) is 0 Å². The molecular formula is C17H30N2O3Si. The first-order chi connectivity index (χ1) is 11.1. The molecule has 0 heterocycles. The van der Waals surface area contributed by atoms with Gasteiger partial charge < -0.3 is 24.7 Å². The third kappa shape index (κ3) is 5.84. The van der Waals surface area contributed by atoms with E-state index in [4.69, 9.17) is 24.7 Å². The predicted octanol–water partition coefficient (Wildman–Crippen LogP) is 2.10. The number of rotatable bonds is 12. The van der Waals surface area contributed by atoms with Crippen molar-refractivity contribution >= 4 is 8.80 Å². The first-order valence-corrected chi connectivity index (χ1v) is 9.90. The Labute approximate surface area is 141 Å². The third-order valence-electron chi connectivity index (χ3n) is 3.95. The molecule has 1 rings (SSSR count). The van der Waals surface area contributed by atoms with Gasteiger partial charge in [-0.1, -0.05) is 36.4 Å². The van der Waals surface area contributed by atoms with Crippen molar-refractivity contribution in [3.63, 3.8) is 0 Å². The minimum Gasteiger partial charge on any atom is -0.377 e. The molecule has 1 aromatic rings. The largest absolute Gasteiger partial charge is 0.501 e. The molecule has 0 bridgehead atoms. The minimum atomic E-state index is -2.82. The Morgan fingerprint density at radius 1 is 1.13 bits per heavy atom. The maximum atomic E-state index is 6.46. The van der Waals surface area contributed by atoms with Gasteiger partial charge in [-0.25, -0.2) is 0 Å². The monoisotopic (exact) mass is 338 g/mol. The summed E-state index contributed by atoms with van der Waals surface area (Å²) in [5.74, 6) is 0. The zero-order chi connectivity index (χ0) is 17.2. The van der Waals surface area contributed by atoms with Gasteiger partial charge in [0.15, 0.2) is 0 Å². The Bertz CT molecular complexity index is 454. The third-order valence-corrected chi connectivity index (χ3v) is 6.88. The van der Waals surface area contributed by atoms with Crippen LogP contribution in [-0.4, -0.2) is 41.7 Å². The molecule has 23 heavy (non-hydrogen) atoms. The molecule has 0 spiro atoms. The molecule has 1 atom stereocenters. The molecule has 0 aromatic heterocycles. The van der Waals surface area contributed by atoms with Gasteiger partial charge in [0.25, 0.3) is 0 Å². The Morgan fingerprint density at radius 3 is 2.26 bits per heavy atom. The molecule has 1 unspecified atom stereocenters. The van der Waals surface area contributed by atoms with E-state index >= 15 is 0 Å². The fourth-order valence-corrected chi connectivity index (χ4v) is 4.98. The zero-order valence-electron chi connectivity index (χ0n) is 14.3. The van der Waals surface area contributed by atoms with Crippen LogP contribution in [0.2, 0.25) is 6.04 Å². The molecule has 0 fully saturated rings. The summed E-state index contributed by atoms with van der Waals surface area (Å²) in [4.78, 5) is 0. The van der Waals surface area contributed by atoms with Crippen molar-refractivity contribution in [3.05, 3.63) is 48.6 Å². The summed E-state index contributed by atoms with van der Waals surface area (Å²) in [7, 11) is 0.441. The average Bonchev–Trinajstić information content (AvgIpc) is 2.59. The van der Waals surface area contributed by atoms with Crippen molar-refractivity contribution in [2.24, 2.45) is 11.5 Å². The summed E-state index contributed by atoms with van der Waals surface area (Å²) >= 11 is 0. The SMILES string of the molecule is C=CC(CCN)(Cc1ccccc1)O[Si](CCCN)(OC)OC. The van der Waals surface area contributed by atoms with Gasteiger partial charge in [0.05, 0.1) is 5.60 Å². The summed E-state index contributed by atoms with van der Waals surface area (Å²) in [5, 5.41) is 0.